The first kappa shape index (κ1) is 15.8. The lowest BCUT2D eigenvalue weighted by Gasteiger charge is -2.43. The third-order valence-corrected chi connectivity index (χ3v) is 4.62. The number of piperidine rings is 1. The van der Waals surface area contributed by atoms with Crippen molar-refractivity contribution < 1.29 is 9.84 Å². The molecule has 0 bridgehead atoms. The predicted octanol–water partition coefficient (Wildman–Crippen LogP) is 2.95. The summed E-state index contributed by atoms with van der Waals surface area (Å²) in [6.07, 6.45) is 1.53. The van der Waals surface area contributed by atoms with Gasteiger partial charge < -0.3 is 9.84 Å². The van der Waals surface area contributed by atoms with Crippen molar-refractivity contribution in [1.29, 1.82) is 0 Å². The molecule has 0 unspecified atom stereocenters. The number of methoxy groups -OCH3 is 1. The number of ether oxygens (including phenoxy) is 1. The third kappa shape index (κ3) is 3.95. The highest BCUT2D eigenvalue weighted by molar-refractivity contribution is 6.30. The second-order valence-corrected chi connectivity index (χ2v) is 6.30. The summed E-state index contributed by atoms with van der Waals surface area (Å²) in [5, 5.41) is 11.4. The van der Waals surface area contributed by atoms with Crippen LogP contribution in [0, 0.1) is 5.92 Å². The lowest BCUT2D eigenvalue weighted by Crippen LogP contribution is -2.50. The van der Waals surface area contributed by atoms with Gasteiger partial charge in [-0.15, -0.1) is 0 Å². The van der Waals surface area contributed by atoms with E-state index in [4.69, 9.17) is 16.3 Å². The molecule has 0 radical (unpaired) electrons. The van der Waals surface area contributed by atoms with E-state index >= 15 is 0 Å². The van der Waals surface area contributed by atoms with Crippen molar-refractivity contribution in [3.8, 4) is 0 Å². The van der Waals surface area contributed by atoms with Crippen LogP contribution in [0.25, 0.3) is 0 Å². The van der Waals surface area contributed by atoms with Gasteiger partial charge in [-0.1, -0.05) is 30.7 Å². The number of hydrogen-bond acceptors (Lipinski definition) is 3. The van der Waals surface area contributed by atoms with Crippen LogP contribution >= 0.6 is 11.6 Å². The minimum Gasteiger partial charge on any atom is -0.389 e. The average molecular weight is 298 g/mol. The van der Waals surface area contributed by atoms with E-state index in [0.717, 1.165) is 37.5 Å². The molecule has 1 saturated heterocycles. The summed E-state index contributed by atoms with van der Waals surface area (Å²) in [5.41, 5.74) is 0.691. The Morgan fingerprint density at radius 1 is 1.40 bits per heavy atom. The van der Waals surface area contributed by atoms with E-state index in [0.29, 0.717) is 6.61 Å². The molecule has 0 aromatic heterocycles. The van der Waals surface area contributed by atoms with Crippen LogP contribution < -0.4 is 0 Å². The molecule has 4 heteroatoms. The maximum absolute atomic E-state index is 10.7. The number of likely N-dealkylation sites (tertiary alicyclic amines) is 1. The van der Waals surface area contributed by atoms with Crippen molar-refractivity contribution in [3.63, 3.8) is 0 Å². The van der Waals surface area contributed by atoms with Gasteiger partial charge in [0.25, 0.3) is 0 Å². The van der Waals surface area contributed by atoms with Gasteiger partial charge in [0.1, 0.15) is 0 Å². The van der Waals surface area contributed by atoms with Crippen LogP contribution in [0.1, 0.15) is 25.3 Å². The third-order valence-electron chi connectivity index (χ3n) is 4.37. The van der Waals surface area contributed by atoms with Crippen LogP contribution in [-0.2, 0) is 11.3 Å². The highest BCUT2D eigenvalue weighted by Crippen LogP contribution is 2.31. The highest BCUT2D eigenvalue weighted by Gasteiger charge is 2.38. The van der Waals surface area contributed by atoms with Crippen LogP contribution in [0.3, 0.4) is 0 Å². The summed E-state index contributed by atoms with van der Waals surface area (Å²) in [6, 6.07) is 8.00. The molecule has 2 rings (SSSR count). The Labute approximate surface area is 126 Å². The molecule has 3 nitrogen and oxygen atoms in total. The number of benzene rings is 1. The summed E-state index contributed by atoms with van der Waals surface area (Å²) in [6.45, 7) is 5.51. The molecule has 1 aliphatic rings. The average Bonchev–Trinajstić information content (AvgIpc) is 2.44. The van der Waals surface area contributed by atoms with E-state index in [1.54, 1.807) is 7.11 Å². The molecule has 0 aliphatic carbocycles. The van der Waals surface area contributed by atoms with Crippen molar-refractivity contribution in [2.24, 2.45) is 5.92 Å². The topological polar surface area (TPSA) is 32.7 Å². The summed E-state index contributed by atoms with van der Waals surface area (Å²) in [4.78, 5) is 2.40. The molecule has 0 saturated carbocycles. The summed E-state index contributed by atoms with van der Waals surface area (Å²) in [7, 11) is 1.68. The maximum atomic E-state index is 10.7. The standard InChI is InChI=1S/C16H24ClNO2/c1-13-11-18(9-7-16(13,19)8-10-20-2)12-14-3-5-15(17)6-4-14/h3-6,13,19H,7-12H2,1-2H3/t13-,16-/m0/s1. The Hall–Kier alpha value is -0.610. The molecule has 2 atom stereocenters. The van der Waals surface area contributed by atoms with Crippen LogP contribution in [0.2, 0.25) is 5.02 Å². The van der Waals surface area contributed by atoms with Gasteiger partial charge in [0.15, 0.2) is 0 Å². The van der Waals surface area contributed by atoms with Gasteiger partial charge in [-0.2, -0.15) is 0 Å². The zero-order chi connectivity index (χ0) is 14.6. The first-order chi connectivity index (χ1) is 9.53. The second kappa shape index (κ2) is 6.90. The molecule has 0 spiro atoms. The van der Waals surface area contributed by atoms with Gasteiger partial charge >= 0.3 is 0 Å². The summed E-state index contributed by atoms with van der Waals surface area (Å²) in [5.74, 6) is 0.263. The Kier molecular flexibility index (Phi) is 5.44. The van der Waals surface area contributed by atoms with Gasteiger partial charge in [0.05, 0.1) is 5.60 Å². The highest BCUT2D eigenvalue weighted by atomic mass is 35.5. The Bertz CT molecular complexity index is 423. The molecular weight excluding hydrogens is 274 g/mol. The van der Waals surface area contributed by atoms with Crippen molar-refractivity contribution in [2.45, 2.75) is 31.9 Å². The van der Waals surface area contributed by atoms with Crippen molar-refractivity contribution >= 4 is 11.6 Å². The van der Waals surface area contributed by atoms with Crippen molar-refractivity contribution in [2.75, 3.05) is 26.8 Å². The van der Waals surface area contributed by atoms with E-state index in [-0.39, 0.29) is 5.92 Å². The van der Waals surface area contributed by atoms with E-state index < -0.39 is 5.60 Å². The molecule has 1 aromatic rings. The lowest BCUT2D eigenvalue weighted by molar-refractivity contribution is -0.0827. The first-order valence-corrected chi connectivity index (χ1v) is 7.59. The first-order valence-electron chi connectivity index (χ1n) is 7.21. The van der Waals surface area contributed by atoms with Gasteiger partial charge in [-0.3, -0.25) is 4.90 Å². The molecule has 1 heterocycles. The van der Waals surface area contributed by atoms with Crippen molar-refractivity contribution in [3.05, 3.63) is 34.9 Å². The molecule has 20 heavy (non-hydrogen) atoms. The van der Waals surface area contributed by atoms with Crippen LogP contribution in [0.15, 0.2) is 24.3 Å². The molecule has 0 amide bonds. The number of aliphatic hydroxyl groups is 1. The maximum Gasteiger partial charge on any atom is 0.0719 e. The number of rotatable bonds is 5. The summed E-state index contributed by atoms with van der Waals surface area (Å²) < 4.78 is 5.11. The second-order valence-electron chi connectivity index (χ2n) is 5.86. The minimum atomic E-state index is -0.577. The van der Waals surface area contributed by atoms with E-state index in [1.807, 2.05) is 12.1 Å². The quantitative estimate of drug-likeness (QED) is 0.907. The van der Waals surface area contributed by atoms with Gasteiger partial charge in [-0.05, 0) is 36.5 Å². The summed E-state index contributed by atoms with van der Waals surface area (Å²) >= 11 is 5.90. The molecule has 1 N–H and O–H groups in total. The zero-order valence-electron chi connectivity index (χ0n) is 12.3. The Morgan fingerprint density at radius 2 is 2.10 bits per heavy atom. The fraction of sp³-hybridized carbons (Fsp3) is 0.625. The fourth-order valence-corrected chi connectivity index (χ4v) is 3.01. The largest absolute Gasteiger partial charge is 0.389 e. The van der Waals surface area contributed by atoms with Gasteiger partial charge in [0, 0.05) is 38.4 Å². The molecular formula is C16H24ClNO2. The monoisotopic (exact) mass is 297 g/mol. The van der Waals surface area contributed by atoms with Crippen LogP contribution in [-0.4, -0.2) is 42.4 Å². The smallest absolute Gasteiger partial charge is 0.0719 e. The number of nitrogens with zero attached hydrogens (tertiary/aromatic N) is 1. The normalized spacial score (nSPS) is 27.7. The number of hydrogen-bond donors (Lipinski definition) is 1. The number of halogens is 1. The Balaban J connectivity index is 1.90. The van der Waals surface area contributed by atoms with E-state index in [9.17, 15) is 5.11 Å². The predicted molar refractivity (Wildman–Crippen MR) is 82.0 cm³/mol. The molecule has 1 fully saturated rings. The SMILES string of the molecule is COCC[C@@]1(O)CCN(Cc2ccc(Cl)cc2)C[C@@H]1C. The minimum absolute atomic E-state index is 0.263. The van der Waals surface area contributed by atoms with Crippen molar-refractivity contribution in [1.82, 2.24) is 4.90 Å². The zero-order valence-corrected chi connectivity index (χ0v) is 13.1. The van der Waals surface area contributed by atoms with Crippen LogP contribution in [0.4, 0.5) is 0 Å². The lowest BCUT2D eigenvalue weighted by atomic mass is 9.80. The van der Waals surface area contributed by atoms with Gasteiger partial charge in [-0.25, -0.2) is 0 Å². The van der Waals surface area contributed by atoms with Crippen LogP contribution in [0.5, 0.6) is 0 Å². The molecule has 1 aliphatic heterocycles. The Morgan fingerprint density at radius 3 is 2.70 bits per heavy atom. The van der Waals surface area contributed by atoms with E-state index in [1.165, 1.54) is 5.56 Å². The molecule has 1 aromatic carbocycles. The van der Waals surface area contributed by atoms with Gasteiger partial charge in [0.2, 0.25) is 0 Å². The molecule has 112 valence electrons. The van der Waals surface area contributed by atoms with E-state index in [2.05, 4.69) is 24.0 Å². The fourth-order valence-electron chi connectivity index (χ4n) is 2.89.